The second-order valence-corrected chi connectivity index (χ2v) is 5.59. The van der Waals surface area contributed by atoms with Crippen LogP contribution in [0.5, 0.6) is 0 Å². The number of aromatic nitrogens is 1. The second-order valence-electron chi connectivity index (χ2n) is 4.73. The number of hydrogen-bond donors (Lipinski definition) is 1. The van der Waals surface area contributed by atoms with E-state index in [1.165, 1.54) is 4.90 Å². The number of rotatable bonds is 2. The van der Waals surface area contributed by atoms with Gasteiger partial charge in [-0.05, 0) is 18.2 Å². The minimum absolute atomic E-state index is 0.0488. The summed E-state index contributed by atoms with van der Waals surface area (Å²) < 4.78 is 0.917. The van der Waals surface area contributed by atoms with Gasteiger partial charge in [0.05, 0.1) is 11.6 Å². The van der Waals surface area contributed by atoms with Gasteiger partial charge in [-0.1, -0.05) is 15.9 Å². The number of carbonyl (C=O) groups is 2. The average Bonchev–Trinajstić information content (AvgIpc) is 2.82. The number of carboxylic acids is 1. The number of fused-ring (bicyclic) bond motifs is 1. The average molecular weight is 335 g/mol. The van der Waals surface area contributed by atoms with E-state index in [-0.39, 0.29) is 18.9 Å². The molecule has 0 bridgehead atoms. The van der Waals surface area contributed by atoms with Crippen molar-refractivity contribution in [2.75, 3.05) is 11.4 Å². The standard InChI is InChI=1S/C14H11BrN2O3/c15-11-1-2-12(10-6-16-4-3-9(10)11)17-7-8(14(19)20)5-13(17)18/h1-4,6,8H,5,7H2,(H,19,20). The van der Waals surface area contributed by atoms with E-state index < -0.39 is 11.9 Å². The molecule has 2 heterocycles. The summed E-state index contributed by atoms with van der Waals surface area (Å²) in [5, 5.41) is 10.8. The molecule has 1 aromatic carbocycles. The Bertz CT molecular complexity index is 717. The van der Waals surface area contributed by atoms with Gasteiger partial charge in [-0.2, -0.15) is 0 Å². The molecule has 0 radical (unpaired) electrons. The van der Waals surface area contributed by atoms with Crippen molar-refractivity contribution in [3.05, 3.63) is 35.1 Å². The molecule has 1 N–H and O–H groups in total. The van der Waals surface area contributed by atoms with Crippen LogP contribution in [0.25, 0.3) is 10.8 Å². The SMILES string of the molecule is O=C(O)C1CC(=O)N(c2ccc(Br)c3ccncc23)C1. The summed E-state index contributed by atoms with van der Waals surface area (Å²) >= 11 is 3.46. The third-order valence-electron chi connectivity index (χ3n) is 3.51. The van der Waals surface area contributed by atoms with Crippen LogP contribution < -0.4 is 4.90 Å². The zero-order chi connectivity index (χ0) is 14.3. The highest BCUT2D eigenvalue weighted by molar-refractivity contribution is 9.10. The normalized spacial score (nSPS) is 18.8. The van der Waals surface area contributed by atoms with Gasteiger partial charge in [0.2, 0.25) is 5.91 Å². The molecule has 102 valence electrons. The summed E-state index contributed by atoms with van der Waals surface area (Å²) in [6, 6.07) is 5.54. The minimum atomic E-state index is -0.930. The zero-order valence-corrected chi connectivity index (χ0v) is 12.0. The maximum atomic E-state index is 12.0. The topological polar surface area (TPSA) is 70.5 Å². The molecule has 1 fully saturated rings. The number of carbonyl (C=O) groups excluding carboxylic acids is 1. The lowest BCUT2D eigenvalue weighted by Crippen LogP contribution is -2.26. The summed E-state index contributed by atoms with van der Waals surface area (Å²) in [5.74, 6) is -1.73. The summed E-state index contributed by atoms with van der Waals surface area (Å²) in [4.78, 5) is 28.7. The number of amides is 1. The van der Waals surface area contributed by atoms with Crippen molar-refractivity contribution in [3.63, 3.8) is 0 Å². The molecular formula is C14H11BrN2O3. The first-order valence-electron chi connectivity index (χ1n) is 6.13. The molecule has 1 aliphatic rings. The van der Waals surface area contributed by atoms with Crippen LogP contribution in [0.3, 0.4) is 0 Å². The fourth-order valence-corrected chi connectivity index (χ4v) is 2.96. The third kappa shape index (κ3) is 2.06. The van der Waals surface area contributed by atoms with E-state index in [0.717, 1.165) is 15.2 Å². The van der Waals surface area contributed by atoms with Crippen molar-refractivity contribution < 1.29 is 14.7 Å². The van der Waals surface area contributed by atoms with Gasteiger partial charge in [0.1, 0.15) is 0 Å². The molecule has 5 nitrogen and oxygen atoms in total. The van der Waals surface area contributed by atoms with Gasteiger partial charge in [0.15, 0.2) is 0 Å². The largest absolute Gasteiger partial charge is 0.481 e. The van der Waals surface area contributed by atoms with Gasteiger partial charge in [-0.3, -0.25) is 14.6 Å². The van der Waals surface area contributed by atoms with Crippen molar-refractivity contribution in [1.82, 2.24) is 4.98 Å². The monoisotopic (exact) mass is 334 g/mol. The van der Waals surface area contributed by atoms with Crippen LogP contribution in [0.1, 0.15) is 6.42 Å². The fourth-order valence-electron chi connectivity index (χ4n) is 2.48. The van der Waals surface area contributed by atoms with Crippen LogP contribution in [-0.4, -0.2) is 28.5 Å². The molecule has 20 heavy (non-hydrogen) atoms. The Labute approximate surface area is 123 Å². The van der Waals surface area contributed by atoms with E-state index in [0.29, 0.717) is 5.69 Å². The molecule has 2 aromatic rings. The quantitative estimate of drug-likeness (QED) is 0.915. The van der Waals surface area contributed by atoms with E-state index in [1.54, 1.807) is 12.4 Å². The molecule has 1 aliphatic heterocycles. The predicted octanol–water partition coefficient (Wildman–Crippen LogP) is 2.43. The second kappa shape index (κ2) is 4.86. The van der Waals surface area contributed by atoms with Crippen LogP contribution in [0.2, 0.25) is 0 Å². The Morgan fingerprint density at radius 3 is 2.85 bits per heavy atom. The number of hydrogen-bond acceptors (Lipinski definition) is 3. The Balaban J connectivity index is 2.09. The summed E-state index contributed by atoms with van der Waals surface area (Å²) in [7, 11) is 0. The van der Waals surface area contributed by atoms with Gasteiger partial charge in [-0.25, -0.2) is 0 Å². The molecule has 1 unspecified atom stereocenters. The van der Waals surface area contributed by atoms with Crippen molar-refractivity contribution in [2.24, 2.45) is 5.92 Å². The number of aliphatic carboxylic acids is 1. The third-order valence-corrected chi connectivity index (χ3v) is 4.20. The Morgan fingerprint density at radius 2 is 2.15 bits per heavy atom. The van der Waals surface area contributed by atoms with E-state index >= 15 is 0 Å². The van der Waals surface area contributed by atoms with Gasteiger partial charge in [-0.15, -0.1) is 0 Å². The lowest BCUT2D eigenvalue weighted by Gasteiger charge is -2.18. The van der Waals surface area contributed by atoms with Gasteiger partial charge in [0, 0.05) is 40.6 Å². The molecule has 1 atom stereocenters. The number of carboxylic acid groups (broad SMARTS) is 1. The van der Waals surface area contributed by atoms with E-state index in [2.05, 4.69) is 20.9 Å². The van der Waals surface area contributed by atoms with Gasteiger partial charge >= 0.3 is 5.97 Å². The molecule has 1 aromatic heterocycles. The van der Waals surface area contributed by atoms with E-state index in [9.17, 15) is 9.59 Å². The first-order valence-corrected chi connectivity index (χ1v) is 6.92. The number of nitrogens with zero attached hydrogens (tertiary/aromatic N) is 2. The molecular weight excluding hydrogens is 324 g/mol. The van der Waals surface area contributed by atoms with Crippen molar-refractivity contribution in [3.8, 4) is 0 Å². The summed E-state index contributed by atoms with van der Waals surface area (Å²) in [6.07, 6.45) is 3.42. The lowest BCUT2D eigenvalue weighted by molar-refractivity contribution is -0.141. The van der Waals surface area contributed by atoms with Crippen LogP contribution in [-0.2, 0) is 9.59 Å². The number of pyridine rings is 1. The highest BCUT2D eigenvalue weighted by Crippen LogP contribution is 2.34. The van der Waals surface area contributed by atoms with Gasteiger partial charge < -0.3 is 10.0 Å². The first kappa shape index (κ1) is 13.1. The smallest absolute Gasteiger partial charge is 0.308 e. The Morgan fingerprint density at radius 1 is 1.35 bits per heavy atom. The maximum absolute atomic E-state index is 12.0. The number of benzene rings is 1. The van der Waals surface area contributed by atoms with Crippen molar-refractivity contribution in [1.29, 1.82) is 0 Å². The minimum Gasteiger partial charge on any atom is -0.481 e. The summed E-state index contributed by atoms with van der Waals surface area (Å²) in [6.45, 7) is 0.208. The zero-order valence-electron chi connectivity index (χ0n) is 10.4. The molecule has 0 aliphatic carbocycles. The first-order chi connectivity index (χ1) is 9.58. The highest BCUT2D eigenvalue weighted by atomic mass is 79.9. The fraction of sp³-hybridized carbons (Fsp3) is 0.214. The highest BCUT2D eigenvalue weighted by Gasteiger charge is 2.35. The Hall–Kier alpha value is -1.95. The number of anilines is 1. The van der Waals surface area contributed by atoms with E-state index in [1.807, 2.05) is 18.2 Å². The maximum Gasteiger partial charge on any atom is 0.308 e. The van der Waals surface area contributed by atoms with Crippen molar-refractivity contribution >= 4 is 44.3 Å². The van der Waals surface area contributed by atoms with Crippen LogP contribution >= 0.6 is 15.9 Å². The molecule has 6 heteroatoms. The molecule has 3 rings (SSSR count). The molecule has 0 spiro atoms. The van der Waals surface area contributed by atoms with Crippen LogP contribution in [0.15, 0.2) is 35.1 Å². The summed E-state index contributed by atoms with van der Waals surface area (Å²) in [5.41, 5.74) is 0.713. The molecule has 1 saturated heterocycles. The number of halogens is 1. The molecule has 0 saturated carbocycles. The van der Waals surface area contributed by atoms with Crippen molar-refractivity contribution in [2.45, 2.75) is 6.42 Å². The molecule has 1 amide bonds. The van der Waals surface area contributed by atoms with Crippen LogP contribution in [0, 0.1) is 5.92 Å². The van der Waals surface area contributed by atoms with Crippen LogP contribution in [0.4, 0.5) is 5.69 Å². The predicted molar refractivity (Wildman–Crippen MR) is 77.5 cm³/mol. The van der Waals surface area contributed by atoms with Gasteiger partial charge in [0.25, 0.3) is 0 Å². The van der Waals surface area contributed by atoms with E-state index in [4.69, 9.17) is 5.11 Å². The Kier molecular flexibility index (Phi) is 3.17. The lowest BCUT2D eigenvalue weighted by atomic mass is 10.1.